The van der Waals surface area contributed by atoms with Gasteiger partial charge in [-0.25, -0.2) is 0 Å². The van der Waals surface area contributed by atoms with Crippen LogP contribution in [-0.4, -0.2) is 11.8 Å². The molecule has 2 amide bonds. The van der Waals surface area contributed by atoms with Gasteiger partial charge in [-0.3, -0.25) is 9.59 Å². The third-order valence-electron chi connectivity index (χ3n) is 3.71. The van der Waals surface area contributed by atoms with E-state index in [1.165, 1.54) is 12.3 Å². The normalized spacial score (nSPS) is 10.4. The van der Waals surface area contributed by atoms with Crippen molar-refractivity contribution in [1.82, 2.24) is 5.32 Å². The van der Waals surface area contributed by atoms with Crippen LogP contribution in [-0.2, 0) is 11.3 Å². The van der Waals surface area contributed by atoms with Gasteiger partial charge in [0, 0.05) is 24.7 Å². The Balaban J connectivity index is 1.69. The lowest BCUT2D eigenvalue weighted by Crippen LogP contribution is -2.22. The van der Waals surface area contributed by atoms with Gasteiger partial charge in [0.1, 0.15) is 0 Å². The molecule has 120 valence electrons. The molecule has 0 heterocycles. The van der Waals surface area contributed by atoms with Crippen molar-refractivity contribution < 1.29 is 9.59 Å². The molecule has 0 unspecified atom stereocenters. The van der Waals surface area contributed by atoms with Crippen molar-refractivity contribution in [2.75, 3.05) is 5.32 Å². The molecule has 3 rings (SSSR count). The molecule has 0 aliphatic rings. The molecule has 3 aromatic rings. The van der Waals surface area contributed by atoms with Crippen molar-refractivity contribution in [3.63, 3.8) is 0 Å². The Morgan fingerprint density at radius 2 is 1.67 bits per heavy atom. The van der Waals surface area contributed by atoms with Gasteiger partial charge >= 0.3 is 0 Å². The van der Waals surface area contributed by atoms with Crippen molar-refractivity contribution in [2.45, 2.75) is 13.5 Å². The van der Waals surface area contributed by atoms with Crippen molar-refractivity contribution in [2.24, 2.45) is 0 Å². The molecular weight excluding hydrogens is 300 g/mol. The minimum Gasteiger partial charge on any atom is -0.348 e. The highest BCUT2D eigenvalue weighted by atomic mass is 16.2. The van der Waals surface area contributed by atoms with E-state index < -0.39 is 0 Å². The minimum atomic E-state index is -0.171. The average molecular weight is 318 g/mol. The number of fused-ring (bicyclic) bond motifs is 1. The highest BCUT2D eigenvalue weighted by Crippen LogP contribution is 2.16. The largest absolute Gasteiger partial charge is 0.348 e. The molecule has 2 N–H and O–H groups in total. The second-order valence-corrected chi connectivity index (χ2v) is 5.63. The van der Waals surface area contributed by atoms with Crippen LogP contribution in [0.2, 0.25) is 0 Å². The molecule has 4 nitrogen and oxygen atoms in total. The van der Waals surface area contributed by atoms with E-state index >= 15 is 0 Å². The van der Waals surface area contributed by atoms with Gasteiger partial charge in [-0.15, -0.1) is 0 Å². The predicted molar refractivity (Wildman–Crippen MR) is 95.9 cm³/mol. The maximum absolute atomic E-state index is 12.3. The van der Waals surface area contributed by atoms with Crippen LogP contribution in [0.1, 0.15) is 22.8 Å². The predicted octanol–water partition coefficient (Wildman–Crippen LogP) is 3.73. The standard InChI is InChI=1S/C20H18N2O2/c1-14(23)22-19-8-4-7-18(12-19)20(24)21-13-15-9-10-16-5-2-3-6-17(16)11-15/h2-12H,13H2,1H3,(H,21,24)(H,22,23). The lowest BCUT2D eigenvalue weighted by molar-refractivity contribution is -0.114. The van der Waals surface area contributed by atoms with Gasteiger partial charge in [0.05, 0.1) is 0 Å². The Bertz CT molecular complexity index is 903. The van der Waals surface area contributed by atoms with E-state index in [0.29, 0.717) is 17.8 Å². The summed E-state index contributed by atoms with van der Waals surface area (Å²) in [7, 11) is 0. The first-order chi connectivity index (χ1) is 11.6. The summed E-state index contributed by atoms with van der Waals surface area (Å²) in [6, 6.07) is 21.1. The van der Waals surface area contributed by atoms with E-state index in [2.05, 4.69) is 28.8 Å². The monoisotopic (exact) mass is 318 g/mol. The summed E-state index contributed by atoms with van der Waals surface area (Å²) in [5.41, 5.74) is 2.17. The summed E-state index contributed by atoms with van der Waals surface area (Å²) in [5, 5.41) is 7.91. The number of hydrogen-bond donors (Lipinski definition) is 2. The molecule has 0 spiro atoms. The van der Waals surface area contributed by atoms with E-state index in [1.54, 1.807) is 24.3 Å². The lowest BCUT2D eigenvalue weighted by atomic mass is 10.1. The summed E-state index contributed by atoms with van der Waals surface area (Å²) >= 11 is 0. The van der Waals surface area contributed by atoms with Gasteiger partial charge in [-0.05, 0) is 40.6 Å². The summed E-state index contributed by atoms with van der Waals surface area (Å²) in [4.78, 5) is 23.4. The zero-order valence-electron chi connectivity index (χ0n) is 13.4. The van der Waals surface area contributed by atoms with Crippen molar-refractivity contribution in [3.05, 3.63) is 77.9 Å². The smallest absolute Gasteiger partial charge is 0.251 e. The first kappa shape index (κ1) is 15.7. The summed E-state index contributed by atoms with van der Waals surface area (Å²) in [6.45, 7) is 1.89. The molecule has 0 aromatic heterocycles. The van der Waals surface area contributed by atoms with Gasteiger partial charge in [-0.1, -0.05) is 42.5 Å². The second kappa shape index (κ2) is 6.96. The maximum Gasteiger partial charge on any atom is 0.251 e. The van der Waals surface area contributed by atoms with Crippen LogP contribution in [0, 0.1) is 0 Å². The number of carbonyl (C=O) groups is 2. The molecule has 3 aromatic carbocycles. The fourth-order valence-electron chi connectivity index (χ4n) is 2.57. The summed E-state index contributed by atoms with van der Waals surface area (Å²) in [6.07, 6.45) is 0. The minimum absolute atomic E-state index is 0.163. The van der Waals surface area contributed by atoms with E-state index in [1.807, 2.05) is 24.3 Å². The molecule has 4 heteroatoms. The third-order valence-corrected chi connectivity index (χ3v) is 3.71. The molecule has 0 radical (unpaired) electrons. The van der Waals surface area contributed by atoms with Crippen molar-refractivity contribution in [3.8, 4) is 0 Å². The topological polar surface area (TPSA) is 58.2 Å². The quantitative estimate of drug-likeness (QED) is 0.770. The van der Waals surface area contributed by atoms with E-state index in [-0.39, 0.29) is 11.8 Å². The van der Waals surface area contributed by atoms with Crippen LogP contribution in [0.5, 0.6) is 0 Å². The number of benzene rings is 3. The van der Waals surface area contributed by atoms with Gasteiger partial charge in [-0.2, -0.15) is 0 Å². The van der Waals surface area contributed by atoms with Gasteiger partial charge in [0.2, 0.25) is 5.91 Å². The number of nitrogens with one attached hydrogen (secondary N) is 2. The van der Waals surface area contributed by atoms with Gasteiger partial charge in [0.25, 0.3) is 5.91 Å². The molecular formula is C20H18N2O2. The molecule has 0 aliphatic carbocycles. The highest BCUT2D eigenvalue weighted by Gasteiger charge is 2.07. The highest BCUT2D eigenvalue weighted by molar-refractivity contribution is 5.96. The lowest BCUT2D eigenvalue weighted by Gasteiger charge is -2.08. The van der Waals surface area contributed by atoms with Crippen LogP contribution >= 0.6 is 0 Å². The number of rotatable bonds is 4. The Kier molecular flexibility index (Phi) is 4.57. The molecule has 0 fully saturated rings. The van der Waals surface area contributed by atoms with Crippen molar-refractivity contribution >= 4 is 28.3 Å². The van der Waals surface area contributed by atoms with Gasteiger partial charge < -0.3 is 10.6 Å². The zero-order chi connectivity index (χ0) is 16.9. The molecule has 0 aliphatic heterocycles. The van der Waals surface area contributed by atoms with Crippen LogP contribution in [0.3, 0.4) is 0 Å². The SMILES string of the molecule is CC(=O)Nc1cccc(C(=O)NCc2ccc3ccccc3c2)c1. The average Bonchev–Trinajstić information content (AvgIpc) is 2.59. The van der Waals surface area contributed by atoms with E-state index in [0.717, 1.165) is 10.9 Å². The van der Waals surface area contributed by atoms with E-state index in [9.17, 15) is 9.59 Å². The molecule has 24 heavy (non-hydrogen) atoms. The first-order valence-corrected chi connectivity index (χ1v) is 7.75. The molecule has 0 bridgehead atoms. The van der Waals surface area contributed by atoms with E-state index in [4.69, 9.17) is 0 Å². The summed E-state index contributed by atoms with van der Waals surface area (Å²) in [5.74, 6) is -0.334. The second-order valence-electron chi connectivity index (χ2n) is 5.63. The molecule has 0 atom stereocenters. The number of amides is 2. The number of anilines is 1. The van der Waals surface area contributed by atoms with Gasteiger partial charge in [0.15, 0.2) is 0 Å². The van der Waals surface area contributed by atoms with Crippen LogP contribution < -0.4 is 10.6 Å². The molecule has 0 saturated carbocycles. The third kappa shape index (κ3) is 3.79. The fourth-order valence-corrected chi connectivity index (χ4v) is 2.57. The first-order valence-electron chi connectivity index (χ1n) is 7.75. The van der Waals surface area contributed by atoms with Crippen LogP contribution in [0.25, 0.3) is 10.8 Å². The number of carbonyl (C=O) groups excluding carboxylic acids is 2. The summed E-state index contributed by atoms with van der Waals surface area (Å²) < 4.78 is 0. The Labute approximate surface area is 140 Å². The van der Waals surface area contributed by atoms with Crippen LogP contribution in [0.15, 0.2) is 66.7 Å². The maximum atomic E-state index is 12.3. The zero-order valence-corrected chi connectivity index (χ0v) is 13.4. The Morgan fingerprint density at radius 1 is 0.875 bits per heavy atom. The Hall–Kier alpha value is -3.14. The number of hydrogen-bond acceptors (Lipinski definition) is 2. The fraction of sp³-hybridized carbons (Fsp3) is 0.100. The Morgan fingerprint density at radius 3 is 2.46 bits per heavy atom. The molecule has 0 saturated heterocycles. The van der Waals surface area contributed by atoms with Crippen LogP contribution in [0.4, 0.5) is 5.69 Å². The van der Waals surface area contributed by atoms with Crippen molar-refractivity contribution in [1.29, 1.82) is 0 Å².